The molecule has 7 rings (SSSR count). The summed E-state index contributed by atoms with van der Waals surface area (Å²) in [6.07, 6.45) is 6.02. The zero-order valence-electron chi connectivity index (χ0n) is 34.9. The number of piperidine rings is 2. The summed E-state index contributed by atoms with van der Waals surface area (Å²) in [5.41, 5.74) is 3.72. The molecule has 0 bridgehead atoms. The highest BCUT2D eigenvalue weighted by Gasteiger charge is 2.34. The molecule has 0 radical (unpaired) electrons. The monoisotopic (exact) mass is 810 g/mol. The molecule has 1 unspecified atom stereocenters. The van der Waals surface area contributed by atoms with E-state index in [0.29, 0.717) is 62.6 Å². The first-order valence-electron chi connectivity index (χ1n) is 21.2. The smallest absolute Gasteiger partial charge is 0.318 e. The van der Waals surface area contributed by atoms with Crippen LogP contribution < -0.4 is 10.9 Å². The van der Waals surface area contributed by atoms with E-state index in [9.17, 15) is 24.0 Å². The van der Waals surface area contributed by atoms with E-state index in [1.165, 1.54) is 4.57 Å². The molecule has 3 fully saturated rings. The number of benzene rings is 2. The number of nitrogens with one attached hydrogen (secondary N) is 1. The number of urea groups is 1. The van der Waals surface area contributed by atoms with Crippen molar-refractivity contribution in [3.05, 3.63) is 75.7 Å². The number of aromatic nitrogens is 3. The van der Waals surface area contributed by atoms with Gasteiger partial charge in [-0.05, 0) is 93.4 Å². The van der Waals surface area contributed by atoms with E-state index in [4.69, 9.17) is 9.47 Å². The Morgan fingerprint density at radius 2 is 1.49 bits per heavy atom. The number of carbonyl (C=O) groups excluding carboxylic acids is 4. The highest BCUT2D eigenvalue weighted by atomic mass is 16.5. The highest BCUT2D eigenvalue weighted by molar-refractivity contribution is 5.88. The highest BCUT2D eigenvalue weighted by Crippen LogP contribution is 2.29. The second-order valence-electron chi connectivity index (χ2n) is 16.3. The van der Waals surface area contributed by atoms with Gasteiger partial charge in [-0.2, -0.15) is 5.10 Å². The predicted octanol–water partition coefficient (Wildman–Crippen LogP) is 4.22. The zero-order chi connectivity index (χ0) is 41.6. The van der Waals surface area contributed by atoms with Crippen molar-refractivity contribution in [2.75, 3.05) is 59.4 Å². The summed E-state index contributed by atoms with van der Waals surface area (Å²) in [6.45, 7) is 11.1. The molecule has 3 aliphatic rings. The number of carbonyl (C=O) groups is 4. The number of hydrogen-bond donors (Lipinski definition) is 1. The number of pyridine rings is 1. The summed E-state index contributed by atoms with van der Waals surface area (Å²) in [6, 6.07) is 12.9. The van der Waals surface area contributed by atoms with Gasteiger partial charge in [0, 0.05) is 81.7 Å². The van der Waals surface area contributed by atoms with Crippen LogP contribution in [-0.4, -0.2) is 129 Å². The van der Waals surface area contributed by atoms with Gasteiger partial charge >= 0.3 is 18.0 Å². The second kappa shape index (κ2) is 18.8. The SMILES string of the molecule is CCC(=O)OCn1cc2cc(CC(NC(=O)N3CCC(c4cc5ccccc5n(COC(=O)CC)c4=O)CC3)C(=O)N3CCN(C4CCN(C)CC4)CC3)cc(C)c2n1. The summed E-state index contributed by atoms with van der Waals surface area (Å²) in [7, 11) is 2.16. The Kier molecular flexibility index (Phi) is 13.3. The van der Waals surface area contributed by atoms with Crippen LogP contribution in [-0.2, 0) is 43.7 Å². The second-order valence-corrected chi connectivity index (χ2v) is 16.3. The van der Waals surface area contributed by atoms with E-state index >= 15 is 0 Å². The lowest BCUT2D eigenvalue weighted by Crippen LogP contribution is -2.59. The lowest BCUT2D eigenvalue weighted by Gasteiger charge is -2.43. The lowest BCUT2D eigenvalue weighted by molar-refractivity contribution is -0.148. The number of esters is 2. The molecule has 3 amide bonds. The van der Waals surface area contributed by atoms with Gasteiger partial charge in [0.2, 0.25) is 5.91 Å². The Morgan fingerprint density at radius 1 is 0.814 bits per heavy atom. The first-order valence-corrected chi connectivity index (χ1v) is 21.2. The largest absolute Gasteiger partial charge is 0.444 e. The van der Waals surface area contributed by atoms with Crippen LogP contribution in [0.25, 0.3) is 21.8 Å². The standard InChI is InChI=1S/C44H58N8O7/c1-5-39(53)58-28-51-27-34-24-31(23-30(3)41(34)46-51)25-37(43(56)49-21-19-48(20-22-49)35-13-15-47(4)16-14-35)45-44(57)50-17-11-32(12-18-50)36-26-33-9-7-8-10-38(33)52(42(36)55)29-59-40(54)6-2/h7-10,23-24,26-27,32,35,37H,5-6,11-22,25,28-29H2,1-4H3,(H,45,57). The molecule has 3 saturated heterocycles. The van der Waals surface area contributed by atoms with E-state index in [1.807, 2.05) is 60.5 Å². The molecule has 59 heavy (non-hydrogen) atoms. The number of aryl methyl sites for hydroxylation is 1. The van der Waals surface area contributed by atoms with Crippen molar-refractivity contribution in [3.8, 4) is 0 Å². The molecule has 1 N–H and O–H groups in total. The number of ether oxygens (including phenoxy) is 2. The third-order valence-corrected chi connectivity index (χ3v) is 12.3. The summed E-state index contributed by atoms with van der Waals surface area (Å²) in [4.78, 5) is 74.7. The molecule has 4 aromatic rings. The van der Waals surface area contributed by atoms with Gasteiger partial charge in [-0.1, -0.05) is 38.1 Å². The van der Waals surface area contributed by atoms with Gasteiger partial charge < -0.3 is 29.5 Å². The molecule has 2 aromatic heterocycles. The van der Waals surface area contributed by atoms with Crippen molar-refractivity contribution in [2.24, 2.45) is 0 Å². The Morgan fingerprint density at radius 3 is 2.19 bits per heavy atom. The third kappa shape index (κ3) is 9.79. The predicted molar refractivity (Wildman–Crippen MR) is 224 cm³/mol. The van der Waals surface area contributed by atoms with E-state index in [0.717, 1.165) is 66.4 Å². The molecule has 0 spiro atoms. The molecular formula is C44H58N8O7. The number of piperazine rings is 1. The van der Waals surface area contributed by atoms with Crippen molar-refractivity contribution < 1.29 is 28.7 Å². The van der Waals surface area contributed by atoms with Gasteiger partial charge in [0.05, 0.1) is 11.0 Å². The van der Waals surface area contributed by atoms with E-state index < -0.39 is 6.04 Å². The minimum atomic E-state index is -0.800. The van der Waals surface area contributed by atoms with Gasteiger partial charge in [0.25, 0.3) is 5.56 Å². The Labute approximate surface area is 345 Å². The van der Waals surface area contributed by atoms with Crippen molar-refractivity contribution in [1.29, 1.82) is 0 Å². The van der Waals surface area contributed by atoms with E-state index in [-0.39, 0.29) is 61.7 Å². The number of fused-ring (bicyclic) bond motifs is 2. The zero-order valence-corrected chi connectivity index (χ0v) is 34.9. The van der Waals surface area contributed by atoms with Crippen molar-refractivity contribution in [2.45, 2.75) is 97.2 Å². The van der Waals surface area contributed by atoms with E-state index in [2.05, 4.69) is 27.3 Å². The average Bonchev–Trinajstić information content (AvgIpc) is 3.68. The molecule has 15 heteroatoms. The molecule has 0 aliphatic carbocycles. The van der Waals surface area contributed by atoms with Gasteiger partial charge in [0.1, 0.15) is 6.04 Å². The van der Waals surface area contributed by atoms with Crippen LogP contribution >= 0.6 is 0 Å². The third-order valence-electron chi connectivity index (χ3n) is 12.3. The van der Waals surface area contributed by atoms with Gasteiger partial charge in [-0.25, -0.2) is 9.48 Å². The van der Waals surface area contributed by atoms with Crippen LogP contribution in [0.3, 0.4) is 0 Å². The molecule has 0 saturated carbocycles. The molecule has 3 aliphatic heterocycles. The fraction of sp³-hybridized carbons (Fsp3) is 0.545. The van der Waals surface area contributed by atoms with Gasteiger partial charge in [-0.3, -0.25) is 28.6 Å². The maximum Gasteiger partial charge on any atom is 0.318 e. The van der Waals surface area contributed by atoms with Crippen molar-refractivity contribution >= 4 is 45.7 Å². The summed E-state index contributed by atoms with van der Waals surface area (Å²) < 4.78 is 13.8. The minimum absolute atomic E-state index is 0.0128. The first-order chi connectivity index (χ1) is 28.5. The minimum Gasteiger partial charge on any atom is -0.444 e. The van der Waals surface area contributed by atoms with Crippen molar-refractivity contribution in [3.63, 3.8) is 0 Å². The van der Waals surface area contributed by atoms with Gasteiger partial charge in [0.15, 0.2) is 13.5 Å². The Hall–Kier alpha value is -5.28. The van der Waals surface area contributed by atoms with Crippen LogP contribution in [0.2, 0.25) is 0 Å². The average molecular weight is 811 g/mol. The molecule has 5 heterocycles. The fourth-order valence-corrected chi connectivity index (χ4v) is 8.83. The Balaban J connectivity index is 1.06. The van der Waals surface area contributed by atoms with Gasteiger partial charge in [-0.15, -0.1) is 0 Å². The fourth-order valence-electron chi connectivity index (χ4n) is 8.83. The van der Waals surface area contributed by atoms with Crippen LogP contribution in [0, 0.1) is 6.92 Å². The summed E-state index contributed by atoms with van der Waals surface area (Å²) in [5.74, 6) is -0.879. The molecule has 2 aromatic carbocycles. The molecular weight excluding hydrogens is 753 g/mol. The number of rotatable bonds is 12. The van der Waals surface area contributed by atoms with E-state index in [1.54, 1.807) is 23.4 Å². The molecule has 1 atom stereocenters. The quantitative estimate of drug-likeness (QED) is 0.206. The van der Waals surface area contributed by atoms with Crippen LogP contribution in [0.1, 0.15) is 75.0 Å². The summed E-state index contributed by atoms with van der Waals surface area (Å²) >= 11 is 0. The Bertz CT molecular complexity index is 2210. The van der Waals surface area contributed by atoms with Crippen LogP contribution in [0.4, 0.5) is 4.79 Å². The number of nitrogens with zero attached hydrogens (tertiary/aromatic N) is 7. The number of likely N-dealkylation sites (tertiary alicyclic amines) is 2. The normalized spacial score (nSPS) is 18.0. The maximum absolute atomic E-state index is 14.4. The van der Waals surface area contributed by atoms with Crippen molar-refractivity contribution in [1.82, 2.24) is 39.3 Å². The number of para-hydroxylation sites is 1. The van der Waals surface area contributed by atoms with Crippen LogP contribution in [0.5, 0.6) is 0 Å². The number of amides is 3. The first kappa shape index (κ1) is 41.9. The van der Waals surface area contributed by atoms with Crippen LogP contribution in [0.15, 0.2) is 53.5 Å². The topological polar surface area (TPSA) is 152 Å². The number of hydrogen-bond acceptors (Lipinski definition) is 10. The molecule has 15 nitrogen and oxygen atoms in total. The lowest BCUT2D eigenvalue weighted by atomic mass is 9.89. The molecule has 316 valence electrons. The summed E-state index contributed by atoms with van der Waals surface area (Å²) in [5, 5.41) is 9.49. The maximum atomic E-state index is 14.4.